The number of likely N-dealkylation sites (tertiary alicyclic amines) is 1. The lowest BCUT2D eigenvalue weighted by molar-refractivity contribution is -0.137. The van der Waals surface area contributed by atoms with Crippen LogP contribution in [0, 0.1) is 0 Å². The summed E-state index contributed by atoms with van der Waals surface area (Å²) >= 11 is 0. The Kier molecular flexibility index (Phi) is 11.7. The topological polar surface area (TPSA) is 86.9 Å². The van der Waals surface area contributed by atoms with Crippen LogP contribution in [0.4, 0.5) is 4.79 Å². The fourth-order valence-corrected chi connectivity index (χ4v) is 2.34. The van der Waals surface area contributed by atoms with Crippen LogP contribution in [-0.2, 0) is 4.79 Å². The van der Waals surface area contributed by atoms with Crippen LogP contribution in [0.3, 0.4) is 0 Å². The molecule has 1 saturated heterocycles. The molecule has 0 aromatic rings. The first-order valence-electron chi connectivity index (χ1n) is 7.99. The third-order valence-corrected chi connectivity index (χ3v) is 3.39. The van der Waals surface area contributed by atoms with Gasteiger partial charge in [-0.3, -0.25) is 4.79 Å². The minimum absolute atomic E-state index is 0.264. The quantitative estimate of drug-likeness (QED) is 0.754. The average Bonchev–Trinajstić information content (AvgIpc) is 2.47. The summed E-state index contributed by atoms with van der Waals surface area (Å²) in [5.41, 5.74) is 5.05. The number of carbonyl (C=O) groups excluding carboxylic acids is 1. The van der Waals surface area contributed by atoms with Gasteiger partial charge in [-0.05, 0) is 45.2 Å². The molecule has 1 heterocycles. The summed E-state index contributed by atoms with van der Waals surface area (Å²) in [6.07, 6.45) is 5.93. The molecular weight excluding hydrogens is 270 g/mol. The van der Waals surface area contributed by atoms with E-state index in [1.165, 1.54) is 6.42 Å². The van der Waals surface area contributed by atoms with Crippen LogP contribution in [0.25, 0.3) is 0 Å². The summed E-state index contributed by atoms with van der Waals surface area (Å²) in [6, 6.07) is -0.269. The molecule has 2 amide bonds. The van der Waals surface area contributed by atoms with Crippen molar-refractivity contribution in [3.05, 3.63) is 0 Å². The molecule has 0 aromatic heterocycles. The molecule has 0 spiro atoms. The minimum atomic E-state index is -0.702. The number of nitrogens with two attached hydrogens (primary N) is 1. The van der Waals surface area contributed by atoms with Crippen molar-refractivity contribution < 1.29 is 14.7 Å². The van der Waals surface area contributed by atoms with E-state index in [0.717, 1.165) is 51.9 Å². The molecule has 0 radical (unpaired) electrons. The number of hydrogen-bond donors (Lipinski definition) is 2. The van der Waals surface area contributed by atoms with Gasteiger partial charge >= 0.3 is 12.0 Å². The summed E-state index contributed by atoms with van der Waals surface area (Å²) < 4.78 is 0. The maximum absolute atomic E-state index is 10.5. The molecule has 1 aliphatic rings. The molecule has 1 fully saturated rings. The number of amides is 2. The number of urea groups is 1. The van der Waals surface area contributed by atoms with Crippen molar-refractivity contribution in [2.45, 2.75) is 52.4 Å². The third-order valence-electron chi connectivity index (χ3n) is 3.39. The Bertz CT molecular complexity index is 286. The summed E-state index contributed by atoms with van der Waals surface area (Å²) in [4.78, 5) is 24.7. The normalized spacial score (nSPS) is 14.5. The van der Waals surface area contributed by atoms with Crippen molar-refractivity contribution in [2.75, 3.05) is 32.7 Å². The maximum atomic E-state index is 10.5. The predicted octanol–water partition coefficient (Wildman–Crippen LogP) is 2.13. The van der Waals surface area contributed by atoms with Gasteiger partial charge in [0, 0.05) is 19.6 Å². The van der Waals surface area contributed by atoms with Crippen LogP contribution in [0.2, 0.25) is 0 Å². The smallest absolute Gasteiger partial charge is 0.314 e. The highest BCUT2D eigenvalue weighted by molar-refractivity contribution is 5.72. The number of rotatable bonds is 7. The van der Waals surface area contributed by atoms with Crippen LogP contribution in [0.1, 0.15) is 52.4 Å². The van der Waals surface area contributed by atoms with Gasteiger partial charge in [-0.2, -0.15) is 0 Å². The molecule has 6 heteroatoms. The van der Waals surface area contributed by atoms with Crippen molar-refractivity contribution in [2.24, 2.45) is 5.73 Å². The van der Waals surface area contributed by atoms with Crippen LogP contribution >= 0.6 is 0 Å². The number of carboxylic acids is 1. The molecule has 3 N–H and O–H groups in total. The minimum Gasteiger partial charge on any atom is -0.481 e. The molecule has 21 heavy (non-hydrogen) atoms. The SMILES string of the molecule is CCCN(CCC)CCC(=O)O.NC(=O)N1CCCCC1. The lowest BCUT2D eigenvalue weighted by Crippen LogP contribution is -2.39. The molecular formula is C15H31N3O3. The van der Waals surface area contributed by atoms with E-state index in [1.807, 2.05) is 0 Å². The standard InChI is InChI=1S/C9H19NO2.C6H12N2O/c1-3-6-10(7-4-2)8-5-9(11)12;7-6(9)8-4-2-1-3-5-8/h3-8H2,1-2H3,(H,11,12);1-5H2,(H2,7,9). The first-order chi connectivity index (χ1) is 10.0. The number of hydrogen-bond acceptors (Lipinski definition) is 3. The first kappa shape index (κ1) is 19.7. The molecule has 1 rings (SSSR count). The van der Waals surface area contributed by atoms with Gasteiger partial charge in [0.2, 0.25) is 0 Å². The summed E-state index contributed by atoms with van der Waals surface area (Å²) in [6.45, 7) is 8.66. The van der Waals surface area contributed by atoms with E-state index in [9.17, 15) is 9.59 Å². The Morgan fingerprint density at radius 2 is 1.57 bits per heavy atom. The molecule has 1 aliphatic heterocycles. The van der Waals surface area contributed by atoms with E-state index in [2.05, 4.69) is 18.7 Å². The van der Waals surface area contributed by atoms with Gasteiger partial charge in [-0.25, -0.2) is 4.79 Å². The lowest BCUT2D eigenvalue weighted by atomic mass is 10.1. The van der Waals surface area contributed by atoms with Gasteiger partial charge in [0.1, 0.15) is 0 Å². The number of nitrogens with zero attached hydrogens (tertiary/aromatic N) is 2. The van der Waals surface area contributed by atoms with E-state index in [1.54, 1.807) is 4.90 Å². The van der Waals surface area contributed by atoms with Crippen molar-refractivity contribution in [1.29, 1.82) is 0 Å². The van der Waals surface area contributed by atoms with Crippen molar-refractivity contribution in [1.82, 2.24) is 9.80 Å². The zero-order valence-electron chi connectivity index (χ0n) is 13.5. The van der Waals surface area contributed by atoms with Crippen LogP contribution in [0.15, 0.2) is 0 Å². The number of primary amides is 1. The second-order valence-corrected chi connectivity index (χ2v) is 5.37. The zero-order valence-corrected chi connectivity index (χ0v) is 13.5. The van der Waals surface area contributed by atoms with Gasteiger partial charge in [-0.15, -0.1) is 0 Å². The van der Waals surface area contributed by atoms with Crippen molar-refractivity contribution in [3.63, 3.8) is 0 Å². The first-order valence-corrected chi connectivity index (χ1v) is 7.99. The Morgan fingerprint density at radius 3 is 1.90 bits per heavy atom. The number of aliphatic carboxylic acids is 1. The van der Waals surface area contributed by atoms with Crippen LogP contribution in [-0.4, -0.2) is 59.6 Å². The summed E-state index contributed by atoms with van der Waals surface area (Å²) in [7, 11) is 0. The van der Waals surface area contributed by atoms with Crippen LogP contribution < -0.4 is 5.73 Å². The average molecular weight is 301 g/mol. The lowest BCUT2D eigenvalue weighted by Gasteiger charge is -2.24. The molecule has 0 saturated carbocycles. The maximum Gasteiger partial charge on any atom is 0.314 e. The predicted molar refractivity (Wildman–Crippen MR) is 84.3 cm³/mol. The third kappa shape index (κ3) is 11.1. The largest absolute Gasteiger partial charge is 0.481 e. The van der Waals surface area contributed by atoms with Crippen molar-refractivity contribution in [3.8, 4) is 0 Å². The number of carboxylic acid groups (broad SMARTS) is 1. The van der Waals surface area contributed by atoms with E-state index < -0.39 is 5.97 Å². The highest BCUT2D eigenvalue weighted by Crippen LogP contribution is 2.07. The zero-order chi connectivity index (χ0) is 16.1. The molecule has 0 unspecified atom stereocenters. The van der Waals surface area contributed by atoms with Gasteiger partial charge < -0.3 is 20.6 Å². The van der Waals surface area contributed by atoms with Gasteiger partial charge in [0.15, 0.2) is 0 Å². The molecule has 0 aromatic carbocycles. The highest BCUT2D eigenvalue weighted by Gasteiger charge is 2.11. The van der Waals surface area contributed by atoms with Crippen LogP contribution in [0.5, 0.6) is 0 Å². The Morgan fingerprint density at radius 1 is 1.05 bits per heavy atom. The fraction of sp³-hybridized carbons (Fsp3) is 0.867. The Labute approximate surface area is 128 Å². The molecule has 0 aliphatic carbocycles. The summed E-state index contributed by atoms with van der Waals surface area (Å²) in [5.74, 6) is -0.702. The second kappa shape index (κ2) is 12.4. The van der Waals surface area contributed by atoms with E-state index in [0.29, 0.717) is 6.54 Å². The fourth-order valence-electron chi connectivity index (χ4n) is 2.34. The van der Waals surface area contributed by atoms with E-state index in [4.69, 9.17) is 10.8 Å². The monoisotopic (exact) mass is 301 g/mol. The van der Waals surface area contributed by atoms with Crippen molar-refractivity contribution >= 4 is 12.0 Å². The summed E-state index contributed by atoms with van der Waals surface area (Å²) in [5, 5.41) is 8.47. The molecule has 0 bridgehead atoms. The highest BCUT2D eigenvalue weighted by atomic mass is 16.4. The van der Waals surface area contributed by atoms with Gasteiger partial charge in [0.05, 0.1) is 6.42 Å². The number of carbonyl (C=O) groups is 2. The molecule has 124 valence electrons. The van der Waals surface area contributed by atoms with Gasteiger partial charge in [0.25, 0.3) is 0 Å². The second-order valence-electron chi connectivity index (χ2n) is 5.37. The Balaban J connectivity index is 0.000000394. The van der Waals surface area contributed by atoms with Gasteiger partial charge in [-0.1, -0.05) is 13.8 Å². The van der Waals surface area contributed by atoms with E-state index in [-0.39, 0.29) is 12.5 Å². The molecule has 0 atom stereocenters. The Hall–Kier alpha value is -1.30. The molecule has 6 nitrogen and oxygen atoms in total. The van der Waals surface area contributed by atoms with E-state index >= 15 is 0 Å². The number of piperidine rings is 1.